The summed E-state index contributed by atoms with van der Waals surface area (Å²) in [6, 6.07) is 3.90. The molecule has 2 aromatic heterocycles. The minimum absolute atomic E-state index is 0.504. The molecule has 0 aliphatic rings. The number of rotatable bonds is 3. The van der Waals surface area contributed by atoms with Crippen LogP contribution in [0.2, 0.25) is 0 Å². The molecule has 15 heavy (non-hydrogen) atoms. The second-order valence-corrected chi connectivity index (χ2v) is 3.30. The first-order valence-corrected chi connectivity index (χ1v) is 5.02. The number of aryl methyl sites for hydroxylation is 1. The van der Waals surface area contributed by atoms with Gasteiger partial charge in [-0.2, -0.15) is 5.10 Å². The fourth-order valence-electron chi connectivity index (χ4n) is 1.52. The lowest BCUT2D eigenvalue weighted by Gasteiger charge is -1.97. The van der Waals surface area contributed by atoms with Crippen LogP contribution in [0.1, 0.15) is 12.5 Å². The predicted molar refractivity (Wildman–Crippen MR) is 59.0 cm³/mol. The molecule has 0 amide bonds. The second-order valence-electron chi connectivity index (χ2n) is 3.30. The third-order valence-electron chi connectivity index (χ3n) is 2.32. The summed E-state index contributed by atoms with van der Waals surface area (Å²) in [6.07, 6.45) is 5.55. The van der Waals surface area contributed by atoms with Crippen molar-refractivity contribution in [2.45, 2.75) is 20.0 Å². The minimum atomic E-state index is 0.504. The van der Waals surface area contributed by atoms with Crippen LogP contribution in [0.4, 0.5) is 0 Å². The van der Waals surface area contributed by atoms with Gasteiger partial charge in [0, 0.05) is 42.8 Å². The van der Waals surface area contributed by atoms with Crippen LogP contribution >= 0.6 is 0 Å². The molecule has 2 aromatic rings. The summed E-state index contributed by atoms with van der Waals surface area (Å²) in [4.78, 5) is 4.08. The van der Waals surface area contributed by atoms with E-state index in [1.54, 1.807) is 6.20 Å². The third kappa shape index (κ3) is 1.89. The summed E-state index contributed by atoms with van der Waals surface area (Å²) in [5.41, 5.74) is 8.70. The number of aromatic nitrogens is 3. The number of hydrogen-bond acceptors (Lipinski definition) is 3. The molecule has 0 saturated carbocycles. The van der Waals surface area contributed by atoms with E-state index in [0.29, 0.717) is 6.54 Å². The van der Waals surface area contributed by atoms with Crippen LogP contribution < -0.4 is 5.73 Å². The number of nitrogens with zero attached hydrogens (tertiary/aromatic N) is 3. The van der Waals surface area contributed by atoms with E-state index >= 15 is 0 Å². The van der Waals surface area contributed by atoms with E-state index in [1.807, 2.05) is 29.2 Å². The van der Waals surface area contributed by atoms with Gasteiger partial charge >= 0.3 is 0 Å². The van der Waals surface area contributed by atoms with E-state index in [4.69, 9.17) is 5.73 Å². The van der Waals surface area contributed by atoms with Crippen LogP contribution in [0.25, 0.3) is 11.3 Å². The van der Waals surface area contributed by atoms with Crippen molar-refractivity contribution in [3.63, 3.8) is 0 Å². The lowest BCUT2D eigenvalue weighted by molar-refractivity contribution is 0.661. The SMILES string of the molecule is CCn1cc(CN)c(-c2cccnc2)n1. The van der Waals surface area contributed by atoms with Crippen molar-refractivity contribution in [1.82, 2.24) is 14.8 Å². The third-order valence-corrected chi connectivity index (χ3v) is 2.32. The van der Waals surface area contributed by atoms with Gasteiger partial charge in [-0.05, 0) is 19.1 Å². The fourth-order valence-corrected chi connectivity index (χ4v) is 1.52. The van der Waals surface area contributed by atoms with Crippen molar-refractivity contribution in [1.29, 1.82) is 0 Å². The van der Waals surface area contributed by atoms with Gasteiger partial charge in [-0.3, -0.25) is 9.67 Å². The molecule has 4 heteroatoms. The molecule has 0 radical (unpaired) electrons. The average molecular weight is 202 g/mol. The molecular weight excluding hydrogens is 188 g/mol. The first kappa shape index (κ1) is 9.86. The molecule has 78 valence electrons. The molecule has 0 aliphatic carbocycles. The highest BCUT2D eigenvalue weighted by Gasteiger charge is 2.08. The summed E-state index contributed by atoms with van der Waals surface area (Å²) in [5, 5.41) is 4.47. The Kier molecular flexibility index (Phi) is 2.78. The summed E-state index contributed by atoms with van der Waals surface area (Å²) < 4.78 is 1.89. The molecule has 2 rings (SSSR count). The van der Waals surface area contributed by atoms with Gasteiger partial charge in [0.2, 0.25) is 0 Å². The Morgan fingerprint density at radius 2 is 2.33 bits per heavy atom. The zero-order chi connectivity index (χ0) is 10.7. The Hall–Kier alpha value is -1.68. The largest absolute Gasteiger partial charge is 0.326 e. The molecular formula is C11H14N4. The second kappa shape index (κ2) is 4.23. The molecule has 0 spiro atoms. The van der Waals surface area contributed by atoms with E-state index < -0.39 is 0 Å². The molecule has 2 N–H and O–H groups in total. The van der Waals surface area contributed by atoms with Crippen LogP contribution in [-0.4, -0.2) is 14.8 Å². The van der Waals surface area contributed by atoms with Gasteiger partial charge in [0.15, 0.2) is 0 Å². The highest BCUT2D eigenvalue weighted by Crippen LogP contribution is 2.20. The van der Waals surface area contributed by atoms with Gasteiger partial charge in [-0.1, -0.05) is 0 Å². The normalized spacial score (nSPS) is 10.5. The van der Waals surface area contributed by atoms with Gasteiger partial charge in [0.1, 0.15) is 0 Å². The molecule has 4 nitrogen and oxygen atoms in total. The summed E-state index contributed by atoms with van der Waals surface area (Å²) in [6.45, 7) is 3.41. The van der Waals surface area contributed by atoms with Gasteiger partial charge in [0.25, 0.3) is 0 Å². The van der Waals surface area contributed by atoms with Crippen molar-refractivity contribution < 1.29 is 0 Å². The van der Waals surface area contributed by atoms with Crippen LogP contribution in [0, 0.1) is 0 Å². The minimum Gasteiger partial charge on any atom is -0.326 e. The highest BCUT2D eigenvalue weighted by molar-refractivity contribution is 5.61. The summed E-state index contributed by atoms with van der Waals surface area (Å²) in [7, 11) is 0. The molecule has 0 aliphatic heterocycles. The first-order chi connectivity index (χ1) is 7.35. The maximum atomic E-state index is 5.68. The van der Waals surface area contributed by atoms with Crippen molar-refractivity contribution in [2.75, 3.05) is 0 Å². The van der Waals surface area contributed by atoms with Gasteiger partial charge in [0.05, 0.1) is 5.69 Å². The molecule has 0 bridgehead atoms. The van der Waals surface area contributed by atoms with Gasteiger partial charge in [-0.15, -0.1) is 0 Å². The zero-order valence-electron chi connectivity index (χ0n) is 8.72. The van der Waals surface area contributed by atoms with E-state index in [-0.39, 0.29) is 0 Å². The van der Waals surface area contributed by atoms with E-state index in [2.05, 4.69) is 17.0 Å². The Morgan fingerprint density at radius 1 is 1.47 bits per heavy atom. The van der Waals surface area contributed by atoms with Crippen molar-refractivity contribution in [3.05, 3.63) is 36.3 Å². The lowest BCUT2D eigenvalue weighted by Crippen LogP contribution is -1.96. The van der Waals surface area contributed by atoms with E-state index in [0.717, 1.165) is 23.4 Å². The zero-order valence-corrected chi connectivity index (χ0v) is 8.72. The smallest absolute Gasteiger partial charge is 0.0983 e. The van der Waals surface area contributed by atoms with Crippen LogP contribution in [0.5, 0.6) is 0 Å². The highest BCUT2D eigenvalue weighted by atomic mass is 15.3. The van der Waals surface area contributed by atoms with Gasteiger partial charge in [-0.25, -0.2) is 0 Å². The van der Waals surface area contributed by atoms with Crippen LogP contribution in [-0.2, 0) is 13.1 Å². The van der Waals surface area contributed by atoms with Crippen molar-refractivity contribution in [2.24, 2.45) is 5.73 Å². The maximum Gasteiger partial charge on any atom is 0.0983 e. The summed E-state index contributed by atoms with van der Waals surface area (Å²) >= 11 is 0. The van der Waals surface area contributed by atoms with Crippen molar-refractivity contribution in [3.8, 4) is 11.3 Å². The monoisotopic (exact) mass is 202 g/mol. The standard InChI is InChI=1S/C11H14N4/c1-2-15-8-10(6-12)11(14-15)9-4-3-5-13-7-9/h3-5,7-8H,2,6,12H2,1H3. The van der Waals surface area contributed by atoms with E-state index in [1.165, 1.54) is 0 Å². The molecule has 0 atom stereocenters. The predicted octanol–water partition coefficient (Wildman–Crippen LogP) is 1.42. The number of pyridine rings is 1. The Labute approximate surface area is 88.8 Å². The first-order valence-electron chi connectivity index (χ1n) is 5.02. The number of hydrogen-bond donors (Lipinski definition) is 1. The topological polar surface area (TPSA) is 56.7 Å². The number of nitrogens with two attached hydrogens (primary N) is 1. The van der Waals surface area contributed by atoms with E-state index in [9.17, 15) is 0 Å². The molecule has 0 fully saturated rings. The van der Waals surface area contributed by atoms with Crippen LogP contribution in [0.3, 0.4) is 0 Å². The molecule has 0 unspecified atom stereocenters. The molecule has 0 aromatic carbocycles. The Bertz CT molecular complexity index is 433. The van der Waals surface area contributed by atoms with Gasteiger partial charge < -0.3 is 5.73 Å². The lowest BCUT2D eigenvalue weighted by atomic mass is 10.1. The van der Waals surface area contributed by atoms with Crippen molar-refractivity contribution >= 4 is 0 Å². The van der Waals surface area contributed by atoms with Crippen LogP contribution in [0.15, 0.2) is 30.7 Å². The molecule has 2 heterocycles. The average Bonchev–Trinajstić information content (AvgIpc) is 2.73. The Morgan fingerprint density at radius 3 is 2.93 bits per heavy atom. The Balaban J connectivity index is 2.47. The maximum absolute atomic E-state index is 5.68. The molecule has 0 saturated heterocycles. The quantitative estimate of drug-likeness (QED) is 0.819. The fraction of sp³-hybridized carbons (Fsp3) is 0.273. The summed E-state index contributed by atoms with van der Waals surface area (Å²) in [5.74, 6) is 0.